The first-order valence-electron chi connectivity index (χ1n) is 6.16. The van der Waals surface area contributed by atoms with Gasteiger partial charge >= 0.3 is 0 Å². The molecule has 1 aromatic rings. The first-order chi connectivity index (χ1) is 9.56. The van der Waals surface area contributed by atoms with Crippen LogP contribution in [-0.2, 0) is 4.74 Å². The van der Waals surface area contributed by atoms with E-state index in [0.29, 0.717) is 6.54 Å². The zero-order valence-electron chi connectivity index (χ0n) is 10.6. The molecule has 1 heterocycles. The largest absolute Gasteiger partial charge is 0.376 e. The molecular weight excluding hydrogens is 285 g/mol. The monoisotopic (exact) mass is 299 g/mol. The highest BCUT2D eigenvalue weighted by molar-refractivity contribution is 7.80. The number of anilines is 1. The standard InChI is InChI=1S/C12H14FN3O3S/c13-10-4-3-8(16(17)18)6-11(10)15-12(20)14-7-9-2-1-5-19-9/h3-4,6,9H,1-2,5,7H2,(H2,14,15,20)/t9-/m1/s1. The molecule has 2 N–H and O–H groups in total. The second kappa shape index (κ2) is 6.58. The molecule has 1 atom stereocenters. The van der Waals surface area contributed by atoms with Crippen LogP contribution >= 0.6 is 12.2 Å². The minimum absolute atomic E-state index is 0.0240. The maximum Gasteiger partial charge on any atom is 0.271 e. The average Bonchev–Trinajstić information content (AvgIpc) is 2.92. The molecule has 0 aromatic heterocycles. The Bertz CT molecular complexity index is 521. The molecule has 2 rings (SSSR count). The summed E-state index contributed by atoms with van der Waals surface area (Å²) in [5.41, 5.74) is -0.222. The van der Waals surface area contributed by atoms with Crippen molar-refractivity contribution in [1.82, 2.24) is 5.32 Å². The van der Waals surface area contributed by atoms with Gasteiger partial charge in [0.25, 0.3) is 5.69 Å². The lowest BCUT2D eigenvalue weighted by molar-refractivity contribution is -0.384. The highest BCUT2D eigenvalue weighted by Gasteiger charge is 2.16. The Balaban J connectivity index is 1.92. The molecule has 1 saturated heterocycles. The van der Waals surface area contributed by atoms with Crippen molar-refractivity contribution >= 4 is 28.7 Å². The summed E-state index contributed by atoms with van der Waals surface area (Å²) in [6, 6.07) is 3.24. The number of nitro groups is 1. The molecule has 0 radical (unpaired) electrons. The highest BCUT2D eigenvalue weighted by atomic mass is 32.1. The van der Waals surface area contributed by atoms with Crippen LogP contribution in [0.15, 0.2) is 18.2 Å². The number of hydrogen-bond donors (Lipinski definition) is 2. The van der Waals surface area contributed by atoms with Gasteiger partial charge in [-0.1, -0.05) is 0 Å². The Kier molecular flexibility index (Phi) is 4.80. The molecule has 0 unspecified atom stereocenters. The number of thiocarbonyl (C=S) groups is 1. The molecule has 108 valence electrons. The molecule has 20 heavy (non-hydrogen) atoms. The molecule has 0 saturated carbocycles. The third-order valence-electron chi connectivity index (χ3n) is 2.92. The van der Waals surface area contributed by atoms with Gasteiger partial charge in [0.2, 0.25) is 0 Å². The van der Waals surface area contributed by atoms with E-state index in [0.717, 1.165) is 37.6 Å². The number of nitrogens with one attached hydrogen (secondary N) is 2. The molecule has 0 amide bonds. The lowest BCUT2D eigenvalue weighted by Gasteiger charge is -2.14. The third-order valence-corrected chi connectivity index (χ3v) is 3.17. The fraction of sp³-hybridized carbons (Fsp3) is 0.417. The predicted molar refractivity (Wildman–Crippen MR) is 76.3 cm³/mol. The molecule has 0 spiro atoms. The van der Waals surface area contributed by atoms with Crippen molar-refractivity contribution in [3.05, 3.63) is 34.1 Å². The summed E-state index contributed by atoms with van der Waals surface area (Å²) in [7, 11) is 0. The van der Waals surface area contributed by atoms with Crippen LogP contribution < -0.4 is 10.6 Å². The highest BCUT2D eigenvalue weighted by Crippen LogP contribution is 2.21. The van der Waals surface area contributed by atoms with Gasteiger partial charge in [0.15, 0.2) is 5.11 Å². The zero-order chi connectivity index (χ0) is 14.5. The average molecular weight is 299 g/mol. The van der Waals surface area contributed by atoms with Gasteiger partial charge in [-0.3, -0.25) is 10.1 Å². The SMILES string of the molecule is O=[N+]([O-])c1ccc(F)c(NC(=S)NC[C@H]2CCCO2)c1. The van der Waals surface area contributed by atoms with Gasteiger partial charge in [-0.15, -0.1) is 0 Å². The quantitative estimate of drug-likeness (QED) is 0.504. The first-order valence-corrected chi connectivity index (χ1v) is 6.57. The number of ether oxygens (including phenoxy) is 1. The molecular formula is C12H14FN3O3S. The lowest BCUT2D eigenvalue weighted by atomic mass is 10.2. The topological polar surface area (TPSA) is 76.4 Å². The predicted octanol–water partition coefficient (Wildman–Crippen LogP) is 2.20. The van der Waals surface area contributed by atoms with Crippen molar-refractivity contribution in [2.45, 2.75) is 18.9 Å². The van der Waals surface area contributed by atoms with Crippen molar-refractivity contribution in [2.24, 2.45) is 0 Å². The van der Waals surface area contributed by atoms with E-state index in [9.17, 15) is 14.5 Å². The van der Waals surface area contributed by atoms with Gasteiger partial charge in [-0.25, -0.2) is 4.39 Å². The van der Waals surface area contributed by atoms with E-state index in [-0.39, 0.29) is 22.6 Å². The van der Waals surface area contributed by atoms with Crippen molar-refractivity contribution in [3.63, 3.8) is 0 Å². The Labute approximate surface area is 120 Å². The van der Waals surface area contributed by atoms with E-state index in [4.69, 9.17) is 17.0 Å². The molecule has 1 aliphatic heterocycles. The summed E-state index contributed by atoms with van der Waals surface area (Å²) in [4.78, 5) is 10.1. The van der Waals surface area contributed by atoms with Gasteiger partial charge < -0.3 is 15.4 Å². The number of nitro benzene ring substituents is 1. The Hall–Kier alpha value is -1.80. The number of non-ortho nitro benzene ring substituents is 1. The van der Waals surface area contributed by atoms with Crippen LogP contribution in [0.4, 0.5) is 15.8 Å². The first kappa shape index (κ1) is 14.6. The second-order valence-corrected chi connectivity index (χ2v) is 4.80. The van der Waals surface area contributed by atoms with Crippen LogP contribution in [0.3, 0.4) is 0 Å². The molecule has 8 heteroatoms. The summed E-state index contributed by atoms with van der Waals surface area (Å²) in [6.45, 7) is 1.27. The Morgan fingerprint density at radius 1 is 1.60 bits per heavy atom. The van der Waals surface area contributed by atoms with E-state index < -0.39 is 10.7 Å². The number of nitrogens with zero attached hydrogens (tertiary/aromatic N) is 1. The van der Waals surface area contributed by atoms with Gasteiger partial charge in [0.05, 0.1) is 16.7 Å². The zero-order valence-corrected chi connectivity index (χ0v) is 11.4. The van der Waals surface area contributed by atoms with E-state index in [2.05, 4.69) is 10.6 Å². The van der Waals surface area contributed by atoms with Crippen LogP contribution in [0, 0.1) is 15.9 Å². The van der Waals surface area contributed by atoms with Gasteiger partial charge in [0, 0.05) is 25.3 Å². The summed E-state index contributed by atoms with van der Waals surface area (Å²) in [5, 5.41) is 16.4. The molecule has 6 nitrogen and oxygen atoms in total. The van der Waals surface area contributed by atoms with Crippen molar-refractivity contribution in [2.75, 3.05) is 18.5 Å². The molecule has 1 fully saturated rings. The summed E-state index contributed by atoms with van der Waals surface area (Å²) in [6.07, 6.45) is 2.08. The summed E-state index contributed by atoms with van der Waals surface area (Å²) in [5.74, 6) is -0.600. The third kappa shape index (κ3) is 3.84. The number of rotatable bonds is 4. The van der Waals surface area contributed by atoms with Crippen LogP contribution in [0.2, 0.25) is 0 Å². The summed E-state index contributed by atoms with van der Waals surface area (Å²) >= 11 is 5.02. The Morgan fingerprint density at radius 3 is 3.05 bits per heavy atom. The molecule has 1 aromatic carbocycles. The molecule has 0 aliphatic carbocycles. The van der Waals surface area contributed by atoms with Crippen molar-refractivity contribution in [1.29, 1.82) is 0 Å². The van der Waals surface area contributed by atoms with Gasteiger partial charge in [0.1, 0.15) is 5.82 Å². The fourth-order valence-electron chi connectivity index (χ4n) is 1.90. The number of hydrogen-bond acceptors (Lipinski definition) is 4. The number of benzene rings is 1. The van der Waals surface area contributed by atoms with E-state index in [1.165, 1.54) is 0 Å². The van der Waals surface area contributed by atoms with Crippen LogP contribution in [0.25, 0.3) is 0 Å². The van der Waals surface area contributed by atoms with E-state index >= 15 is 0 Å². The van der Waals surface area contributed by atoms with Crippen molar-refractivity contribution in [3.8, 4) is 0 Å². The smallest absolute Gasteiger partial charge is 0.271 e. The molecule has 1 aliphatic rings. The van der Waals surface area contributed by atoms with E-state index in [1.807, 2.05) is 0 Å². The Morgan fingerprint density at radius 2 is 2.40 bits per heavy atom. The summed E-state index contributed by atoms with van der Waals surface area (Å²) < 4.78 is 19.0. The van der Waals surface area contributed by atoms with Crippen LogP contribution in [0.1, 0.15) is 12.8 Å². The van der Waals surface area contributed by atoms with E-state index in [1.54, 1.807) is 0 Å². The minimum atomic E-state index is -0.600. The van der Waals surface area contributed by atoms with Crippen molar-refractivity contribution < 1.29 is 14.1 Å². The maximum absolute atomic E-state index is 13.5. The lowest BCUT2D eigenvalue weighted by Crippen LogP contribution is -2.35. The second-order valence-electron chi connectivity index (χ2n) is 4.39. The number of halogens is 1. The van der Waals surface area contributed by atoms with Gasteiger partial charge in [-0.05, 0) is 31.1 Å². The normalized spacial score (nSPS) is 17.8. The van der Waals surface area contributed by atoms with Crippen LogP contribution in [-0.4, -0.2) is 29.3 Å². The van der Waals surface area contributed by atoms with Crippen LogP contribution in [0.5, 0.6) is 0 Å². The van der Waals surface area contributed by atoms with Gasteiger partial charge in [-0.2, -0.15) is 0 Å². The molecule has 0 bridgehead atoms. The fourth-order valence-corrected chi connectivity index (χ4v) is 2.09. The minimum Gasteiger partial charge on any atom is -0.376 e. The maximum atomic E-state index is 13.5.